The number of hydrogen-bond acceptors (Lipinski definition) is 6. The molecule has 8 heteroatoms. The van der Waals surface area contributed by atoms with E-state index in [4.69, 9.17) is 0 Å². The van der Waals surface area contributed by atoms with Crippen molar-refractivity contribution in [2.24, 2.45) is 7.05 Å². The van der Waals surface area contributed by atoms with E-state index in [2.05, 4.69) is 25.0 Å². The van der Waals surface area contributed by atoms with Gasteiger partial charge in [-0.25, -0.2) is 9.97 Å². The highest BCUT2D eigenvalue weighted by atomic mass is 16.3. The van der Waals surface area contributed by atoms with Crippen molar-refractivity contribution >= 4 is 11.6 Å². The SMILES string of the molecule is Cn1ccnc1C1(O)CCN(c2c3c(nc4ncnn24)CCC3)CC1. The molecule has 0 aromatic carbocycles. The van der Waals surface area contributed by atoms with Crippen LogP contribution in [-0.2, 0) is 25.5 Å². The lowest BCUT2D eigenvalue weighted by Gasteiger charge is -2.39. The van der Waals surface area contributed by atoms with Crippen LogP contribution in [0.2, 0.25) is 0 Å². The van der Waals surface area contributed by atoms with Gasteiger partial charge in [0.1, 0.15) is 23.6 Å². The summed E-state index contributed by atoms with van der Waals surface area (Å²) in [5.41, 5.74) is 1.58. The zero-order valence-electron chi connectivity index (χ0n) is 14.3. The molecule has 4 heterocycles. The number of aromatic nitrogens is 6. The number of aliphatic hydroxyl groups is 1. The van der Waals surface area contributed by atoms with Gasteiger partial charge >= 0.3 is 0 Å². The second-order valence-corrected chi connectivity index (χ2v) is 7.07. The first-order chi connectivity index (χ1) is 12.2. The van der Waals surface area contributed by atoms with Crippen molar-refractivity contribution in [1.82, 2.24) is 29.1 Å². The molecule has 0 spiro atoms. The van der Waals surface area contributed by atoms with Gasteiger partial charge in [0.25, 0.3) is 5.78 Å². The number of piperidine rings is 1. The molecule has 1 fully saturated rings. The highest BCUT2D eigenvalue weighted by molar-refractivity contribution is 5.56. The Kier molecular flexibility index (Phi) is 3.12. The van der Waals surface area contributed by atoms with Crippen molar-refractivity contribution in [2.75, 3.05) is 18.0 Å². The smallest absolute Gasteiger partial charge is 0.254 e. The molecule has 1 saturated heterocycles. The van der Waals surface area contributed by atoms with Crippen molar-refractivity contribution in [3.63, 3.8) is 0 Å². The molecule has 2 aliphatic rings. The van der Waals surface area contributed by atoms with E-state index >= 15 is 0 Å². The maximum atomic E-state index is 11.1. The van der Waals surface area contributed by atoms with E-state index in [1.807, 2.05) is 22.3 Å². The summed E-state index contributed by atoms with van der Waals surface area (Å²) in [6.45, 7) is 1.52. The normalized spacial score (nSPS) is 19.5. The fourth-order valence-electron chi connectivity index (χ4n) is 4.25. The molecule has 0 saturated carbocycles. The molecule has 1 aliphatic carbocycles. The van der Waals surface area contributed by atoms with E-state index in [0.29, 0.717) is 18.6 Å². The Labute approximate surface area is 145 Å². The van der Waals surface area contributed by atoms with Gasteiger partial charge in [-0.1, -0.05) is 0 Å². The fraction of sp³-hybridized carbons (Fsp3) is 0.529. The molecular weight excluding hydrogens is 318 g/mol. The summed E-state index contributed by atoms with van der Waals surface area (Å²) < 4.78 is 3.77. The number of aryl methyl sites for hydroxylation is 2. The van der Waals surface area contributed by atoms with E-state index in [9.17, 15) is 5.11 Å². The van der Waals surface area contributed by atoms with Crippen molar-refractivity contribution in [1.29, 1.82) is 0 Å². The van der Waals surface area contributed by atoms with Crippen LogP contribution < -0.4 is 4.90 Å². The average molecular weight is 339 g/mol. The number of hydrogen-bond donors (Lipinski definition) is 1. The molecule has 1 N–H and O–H groups in total. The van der Waals surface area contributed by atoms with Gasteiger partial charge in [-0.3, -0.25) is 0 Å². The molecular formula is C17H21N7O. The van der Waals surface area contributed by atoms with Gasteiger partial charge < -0.3 is 14.6 Å². The third-order valence-corrected chi connectivity index (χ3v) is 5.55. The minimum atomic E-state index is -0.869. The lowest BCUT2D eigenvalue weighted by atomic mass is 9.90. The van der Waals surface area contributed by atoms with Gasteiger partial charge in [-0.15, -0.1) is 0 Å². The predicted octanol–water partition coefficient (Wildman–Crippen LogP) is 0.834. The topological polar surface area (TPSA) is 84.4 Å². The third-order valence-electron chi connectivity index (χ3n) is 5.55. The van der Waals surface area contributed by atoms with E-state index in [0.717, 1.165) is 49.7 Å². The van der Waals surface area contributed by atoms with Crippen LogP contribution in [0.5, 0.6) is 0 Å². The number of nitrogens with zero attached hydrogens (tertiary/aromatic N) is 7. The van der Waals surface area contributed by atoms with Crippen LogP contribution in [0.15, 0.2) is 18.7 Å². The van der Waals surface area contributed by atoms with Gasteiger partial charge in [-0.2, -0.15) is 14.6 Å². The number of imidazole rings is 1. The quantitative estimate of drug-likeness (QED) is 0.745. The zero-order valence-corrected chi connectivity index (χ0v) is 14.3. The summed E-state index contributed by atoms with van der Waals surface area (Å²) in [6, 6.07) is 0. The number of anilines is 1. The molecule has 0 radical (unpaired) electrons. The van der Waals surface area contributed by atoms with Crippen LogP contribution in [-0.4, -0.2) is 47.3 Å². The largest absolute Gasteiger partial charge is 0.382 e. The van der Waals surface area contributed by atoms with Gasteiger partial charge in [0.15, 0.2) is 0 Å². The second kappa shape index (κ2) is 5.26. The molecule has 3 aromatic rings. The lowest BCUT2D eigenvalue weighted by Crippen LogP contribution is -2.45. The van der Waals surface area contributed by atoms with E-state index in [1.54, 1.807) is 12.5 Å². The Morgan fingerprint density at radius 3 is 2.76 bits per heavy atom. The van der Waals surface area contributed by atoms with E-state index < -0.39 is 5.60 Å². The van der Waals surface area contributed by atoms with Crippen molar-refractivity contribution in [3.8, 4) is 0 Å². The minimum Gasteiger partial charge on any atom is -0.382 e. The first kappa shape index (κ1) is 14.8. The Hall–Kier alpha value is -2.48. The Bertz CT molecular complexity index is 936. The lowest BCUT2D eigenvalue weighted by molar-refractivity contribution is 0.000586. The van der Waals surface area contributed by atoms with Crippen LogP contribution in [0.3, 0.4) is 0 Å². The maximum Gasteiger partial charge on any atom is 0.254 e. The van der Waals surface area contributed by atoms with Crippen LogP contribution in [0, 0.1) is 0 Å². The first-order valence-electron chi connectivity index (χ1n) is 8.82. The highest BCUT2D eigenvalue weighted by Crippen LogP contribution is 2.36. The first-order valence-corrected chi connectivity index (χ1v) is 8.82. The predicted molar refractivity (Wildman–Crippen MR) is 91.4 cm³/mol. The summed E-state index contributed by atoms with van der Waals surface area (Å²) >= 11 is 0. The van der Waals surface area contributed by atoms with Crippen molar-refractivity contribution in [2.45, 2.75) is 37.7 Å². The summed E-state index contributed by atoms with van der Waals surface area (Å²) in [5.74, 6) is 2.52. The average Bonchev–Trinajstić information content (AvgIpc) is 3.33. The van der Waals surface area contributed by atoms with E-state index in [1.165, 1.54) is 5.56 Å². The highest BCUT2D eigenvalue weighted by Gasteiger charge is 2.38. The van der Waals surface area contributed by atoms with Crippen LogP contribution >= 0.6 is 0 Å². The van der Waals surface area contributed by atoms with Crippen LogP contribution in [0.4, 0.5) is 5.82 Å². The van der Waals surface area contributed by atoms with Gasteiger partial charge in [0.2, 0.25) is 0 Å². The molecule has 5 rings (SSSR count). The monoisotopic (exact) mass is 339 g/mol. The molecule has 8 nitrogen and oxygen atoms in total. The Morgan fingerprint density at radius 2 is 2.00 bits per heavy atom. The summed E-state index contributed by atoms with van der Waals surface area (Å²) in [6.07, 6.45) is 9.66. The maximum absolute atomic E-state index is 11.1. The molecule has 0 bridgehead atoms. The van der Waals surface area contributed by atoms with Crippen molar-refractivity contribution in [3.05, 3.63) is 35.8 Å². The summed E-state index contributed by atoms with van der Waals surface area (Å²) in [5, 5.41) is 15.5. The summed E-state index contributed by atoms with van der Waals surface area (Å²) in [7, 11) is 1.93. The van der Waals surface area contributed by atoms with Gasteiger partial charge in [0, 0.05) is 50.9 Å². The molecule has 3 aromatic heterocycles. The molecule has 0 amide bonds. The molecule has 25 heavy (non-hydrogen) atoms. The standard InChI is InChI=1S/C17H21N7O/c1-22-10-7-18-15(22)17(25)5-8-23(9-6-17)14-12-3-2-4-13(12)21-16-19-11-20-24(14)16/h7,10-11,25H,2-6,8-9H2,1H3. The molecule has 0 unspecified atom stereocenters. The minimum absolute atomic E-state index is 0.644. The Morgan fingerprint density at radius 1 is 1.16 bits per heavy atom. The third kappa shape index (κ3) is 2.17. The number of fused-ring (bicyclic) bond motifs is 2. The number of rotatable bonds is 2. The van der Waals surface area contributed by atoms with Crippen LogP contribution in [0.25, 0.3) is 5.78 Å². The van der Waals surface area contributed by atoms with Gasteiger partial charge in [0.05, 0.1) is 5.69 Å². The van der Waals surface area contributed by atoms with Crippen molar-refractivity contribution < 1.29 is 5.11 Å². The zero-order chi connectivity index (χ0) is 17.0. The molecule has 0 atom stereocenters. The fourth-order valence-corrected chi connectivity index (χ4v) is 4.25. The Balaban J connectivity index is 1.50. The molecule has 130 valence electrons. The second-order valence-electron chi connectivity index (χ2n) is 7.07. The van der Waals surface area contributed by atoms with Gasteiger partial charge in [-0.05, 0) is 19.3 Å². The van der Waals surface area contributed by atoms with E-state index in [-0.39, 0.29) is 0 Å². The van der Waals surface area contributed by atoms with Crippen LogP contribution in [0.1, 0.15) is 36.3 Å². The summed E-state index contributed by atoms with van der Waals surface area (Å²) in [4.78, 5) is 15.6. The molecule has 1 aliphatic heterocycles.